The molecule has 4 aliphatic carbocycles. The SMILES string of the molecule is O=C(CN1C(=O)c2ccc([N+](=O)[O-])cc2C1=O)NCC12CC3CC(CC(C3)C1)C2. The first-order valence-corrected chi connectivity index (χ1v) is 10.2. The van der Waals surface area contributed by atoms with E-state index in [1.54, 1.807) is 0 Å². The van der Waals surface area contributed by atoms with Crippen molar-refractivity contribution in [3.63, 3.8) is 0 Å². The number of fused-ring (bicyclic) bond motifs is 1. The lowest BCUT2D eigenvalue weighted by Crippen LogP contribution is -2.52. The molecular formula is C21H23N3O5. The molecule has 1 aromatic rings. The van der Waals surface area contributed by atoms with Gasteiger partial charge in [0.05, 0.1) is 16.1 Å². The van der Waals surface area contributed by atoms with Crippen LogP contribution in [0.5, 0.6) is 0 Å². The van der Waals surface area contributed by atoms with E-state index in [4.69, 9.17) is 0 Å². The van der Waals surface area contributed by atoms with Gasteiger partial charge in [-0.1, -0.05) is 0 Å². The molecule has 0 atom stereocenters. The van der Waals surface area contributed by atoms with Crippen LogP contribution in [0.15, 0.2) is 18.2 Å². The summed E-state index contributed by atoms with van der Waals surface area (Å²) >= 11 is 0. The Morgan fingerprint density at radius 3 is 2.24 bits per heavy atom. The van der Waals surface area contributed by atoms with E-state index >= 15 is 0 Å². The van der Waals surface area contributed by atoms with E-state index in [-0.39, 0.29) is 34.7 Å². The third-order valence-corrected chi connectivity index (χ3v) is 7.29. The molecule has 0 radical (unpaired) electrons. The molecule has 5 aliphatic rings. The second kappa shape index (κ2) is 6.37. The summed E-state index contributed by atoms with van der Waals surface area (Å²) in [5.74, 6) is 0.758. The maximum atomic E-state index is 12.5. The highest BCUT2D eigenvalue weighted by atomic mass is 16.6. The number of imide groups is 1. The molecule has 4 fully saturated rings. The lowest BCUT2D eigenvalue weighted by atomic mass is 9.49. The molecule has 1 heterocycles. The minimum atomic E-state index is -0.654. The summed E-state index contributed by atoms with van der Waals surface area (Å²) in [4.78, 5) is 48.8. The number of nitrogens with one attached hydrogen (secondary N) is 1. The van der Waals surface area contributed by atoms with Gasteiger partial charge >= 0.3 is 0 Å². The summed E-state index contributed by atoms with van der Waals surface area (Å²) in [6.07, 6.45) is 7.47. The van der Waals surface area contributed by atoms with E-state index in [2.05, 4.69) is 5.32 Å². The third kappa shape index (κ3) is 3.01. The Balaban J connectivity index is 1.24. The van der Waals surface area contributed by atoms with Crippen LogP contribution in [0.1, 0.15) is 59.2 Å². The number of hydrogen-bond donors (Lipinski definition) is 1. The quantitative estimate of drug-likeness (QED) is 0.466. The van der Waals surface area contributed by atoms with Gasteiger partial charge in [-0.2, -0.15) is 0 Å². The lowest BCUT2D eigenvalue weighted by Gasteiger charge is -2.56. The molecule has 29 heavy (non-hydrogen) atoms. The average Bonchev–Trinajstić information content (AvgIpc) is 2.90. The number of carbonyl (C=O) groups excluding carboxylic acids is 3. The highest BCUT2D eigenvalue weighted by Gasteiger charge is 2.50. The van der Waals surface area contributed by atoms with E-state index in [9.17, 15) is 24.5 Å². The van der Waals surface area contributed by atoms with Crippen LogP contribution in [0, 0.1) is 33.3 Å². The Morgan fingerprint density at radius 1 is 1.07 bits per heavy atom. The van der Waals surface area contributed by atoms with Crippen molar-refractivity contribution in [3.05, 3.63) is 39.4 Å². The fourth-order valence-corrected chi connectivity index (χ4v) is 6.53. The molecule has 4 saturated carbocycles. The highest BCUT2D eigenvalue weighted by molar-refractivity contribution is 6.22. The van der Waals surface area contributed by atoms with Gasteiger partial charge in [-0.15, -0.1) is 0 Å². The van der Waals surface area contributed by atoms with Crippen LogP contribution in [-0.2, 0) is 4.79 Å². The van der Waals surface area contributed by atoms with Crippen molar-refractivity contribution < 1.29 is 19.3 Å². The number of nitrogens with zero attached hydrogens (tertiary/aromatic N) is 2. The van der Waals surface area contributed by atoms with Gasteiger partial charge in [-0.3, -0.25) is 29.4 Å². The van der Waals surface area contributed by atoms with Crippen molar-refractivity contribution in [1.82, 2.24) is 10.2 Å². The molecule has 1 aromatic carbocycles. The first-order valence-electron chi connectivity index (χ1n) is 10.2. The molecule has 152 valence electrons. The Morgan fingerprint density at radius 2 is 1.66 bits per heavy atom. The van der Waals surface area contributed by atoms with Crippen molar-refractivity contribution >= 4 is 23.4 Å². The van der Waals surface area contributed by atoms with Crippen LogP contribution in [0.3, 0.4) is 0 Å². The number of nitro benzene ring substituents is 1. The van der Waals surface area contributed by atoms with Crippen molar-refractivity contribution in [1.29, 1.82) is 0 Å². The second-order valence-corrected chi connectivity index (χ2v) is 9.38. The summed E-state index contributed by atoms with van der Waals surface area (Å²) < 4.78 is 0. The molecule has 1 N–H and O–H groups in total. The van der Waals surface area contributed by atoms with Crippen molar-refractivity contribution in [2.75, 3.05) is 13.1 Å². The Bertz CT molecular complexity index is 905. The highest BCUT2D eigenvalue weighted by Crippen LogP contribution is 2.59. The molecule has 8 heteroatoms. The van der Waals surface area contributed by atoms with Crippen LogP contribution in [0.4, 0.5) is 5.69 Å². The predicted octanol–water partition coefficient (Wildman–Crippen LogP) is 2.52. The largest absolute Gasteiger partial charge is 0.354 e. The van der Waals surface area contributed by atoms with Crippen LogP contribution in [0.25, 0.3) is 0 Å². The molecule has 0 saturated heterocycles. The molecule has 0 unspecified atom stereocenters. The van der Waals surface area contributed by atoms with Gasteiger partial charge in [0, 0.05) is 18.7 Å². The second-order valence-electron chi connectivity index (χ2n) is 9.38. The normalized spacial score (nSPS) is 31.9. The third-order valence-electron chi connectivity index (χ3n) is 7.29. The zero-order valence-corrected chi connectivity index (χ0v) is 16.1. The predicted molar refractivity (Wildman–Crippen MR) is 102 cm³/mol. The maximum Gasteiger partial charge on any atom is 0.270 e. The Kier molecular flexibility index (Phi) is 4.01. The van der Waals surface area contributed by atoms with Gasteiger partial charge in [0.15, 0.2) is 0 Å². The molecule has 6 rings (SSSR count). The standard InChI is InChI=1S/C21H23N3O5/c25-18(22-11-21-7-12-3-13(8-21)5-14(4-12)9-21)10-23-19(26)16-2-1-15(24(28)29)6-17(16)20(23)27/h1-2,6,12-14H,3-5,7-11H2,(H,22,25). The smallest absolute Gasteiger partial charge is 0.270 e. The molecule has 1 aliphatic heterocycles. The number of nitro groups is 1. The monoisotopic (exact) mass is 397 g/mol. The van der Waals surface area contributed by atoms with E-state index < -0.39 is 16.7 Å². The van der Waals surface area contributed by atoms with Gasteiger partial charge < -0.3 is 5.32 Å². The first kappa shape index (κ1) is 18.3. The Labute approximate surface area is 167 Å². The number of benzene rings is 1. The summed E-state index contributed by atoms with van der Waals surface area (Å²) in [5, 5.41) is 13.9. The van der Waals surface area contributed by atoms with E-state index in [1.807, 2.05) is 0 Å². The fourth-order valence-electron chi connectivity index (χ4n) is 6.53. The summed E-state index contributed by atoms with van der Waals surface area (Å²) in [5.41, 5.74) is 0.0121. The van der Waals surface area contributed by atoms with Gasteiger partial charge in [-0.25, -0.2) is 0 Å². The molecule has 8 nitrogen and oxygen atoms in total. The zero-order valence-electron chi connectivity index (χ0n) is 16.1. The summed E-state index contributed by atoms with van der Waals surface area (Å²) in [6, 6.07) is 3.57. The molecule has 4 bridgehead atoms. The number of hydrogen-bond acceptors (Lipinski definition) is 5. The van der Waals surface area contributed by atoms with Gasteiger partial charge in [0.1, 0.15) is 6.54 Å². The van der Waals surface area contributed by atoms with Gasteiger partial charge in [-0.05, 0) is 67.8 Å². The van der Waals surface area contributed by atoms with Crippen LogP contribution in [0.2, 0.25) is 0 Å². The molecule has 3 amide bonds. The maximum absolute atomic E-state index is 12.5. The zero-order chi connectivity index (χ0) is 20.3. The fraction of sp³-hybridized carbons (Fsp3) is 0.571. The van der Waals surface area contributed by atoms with Crippen molar-refractivity contribution in [2.24, 2.45) is 23.2 Å². The van der Waals surface area contributed by atoms with E-state index in [0.717, 1.165) is 48.0 Å². The van der Waals surface area contributed by atoms with Crippen LogP contribution < -0.4 is 5.32 Å². The number of amides is 3. The Hall–Kier alpha value is -2.77. The topological polar surface area (TPSA) is 110 Å². The first-order chi connectivity index (χ1) is 13.8. The summed E-state index contributed by atoms with van der Waals surface area (Å²) in [6.45, 7) is 0.247. The minimum Gasteiger partial charge on any atom is -0.354 e. The average molecular weight is 397 g/mol. The summed E-state index contributed by atoms with van der Waals surface area (Å²) in [7, 11) is 0. The minimum absolute atomic E-state index is 0.0157. The molecule has 0 spiro atoms. The van der Waals surface area contributed by atoms with Gasteiger partial charge in [0.25, 0.3) is 17.5 Å². The number of carbonyl (C=O) groups is 3. The molecular weight excluding hydrogens is 374 g/mol. The van der Waals surface area contributed by atoms with Crippen molar-refractivity contribution in [3.8, 4) is 0 Å². The van der Waals surface area contributed by atoms with Crippen LogP contribution >= 0.6 is 0 Å². The van der Waals surface area contributed by atoms with Crippen LogP contribution in [-0.4, -0.2) is 40.6 Å². The lowest BCUT2D eigenvalue weighted by molar-refractivity contribution is -0.384. The van der Waals surface area contributed by atoms with E-state index in [1.165, 1.54) is 31.4 Å². The molecule has 0 aromatic heterocycles. The number of rotatable bonds is 5. The number of non-ortho nitro benzene ring substituents is 1. The van der Waals surface area contributed by atoms with Gasteiger partial charge in [0.2, 0.25) is 5.91 Å². The van der Waals surface area contributed by atoms with E-state index in [0.29, 0.717) is 6.54 Å². The van der Waals surface area contributed by atoms with Crippen molar-refractivity contribution in [2.45, 2.75) is 38.5 Å².